The molecule has 0 saturated heterocycles. The Kier molecular flexibility index (Phi) is 3.88. The lowest BCUT2D eigenvalue weighted by Gasteiger charge is -2.18. The third kappa shape index (κ3) is 2.64. The van der Waals surface area contributed by atoms with Gasteiger partial charge in [-0.05, 0) is 41.1 Å². The third-order valence-corrected chi connectivity index (χ3v) is 4.52. The molecule has 1 heteroatoms. The molecular formula is C19H23N. The van der Waals surface area contributed by atoms with Crippen LogP contribution >= 0.6 is 0 Å². The quantitative estimate of drug-likeness (QED) is 0.862. The lowest BCUT2D eigenvalue weighted by atomic mass is 9.87. The maximum atomic E-state index is 3.52. The maximum Gasteiger partial charge on any atom is 0.00611 e. The van der Waals surface area contributed by atoms with Gasteiger partial charge in [-0.1, -0.05) is 62.4 Å². The van der Waals surface area contributed by atoms with Gasteiger partial charge in [0.05, 0.1) is 0 Å². The normalized spacial score (nSPS) is 20.0. The molecule has 0 aromatic heterocycles. The lowest BCUT2D eigenvalue weighted by molar-refractivity contribution is 0.644. The Morgan fingerprint density at radius 3 is 2.65 bits per heavy atom. The largest absolute Gasteiger partial charge is 0.316 e. The van der Waals surface area contributed by atoms with Crippen molar-refractivity contribution in [3.8, 4) is 0 Å². The Morgan fingerprint density at radius 2 is 1.85 bits per heavy atom. The van der Waals surface area contributed by atoms with Crippen LogP contribution in [0.3, 0.4) is 0 Å². The van der Waals surface area contributed by atoms with Crippen molar-refractivity contribution in [1.29, 1.82) is 0 Å². The van der Waals surface area contributed by atoms with Gasteiger partial charge >= 0.3 is 0 Å². The zero-order valence-corrected chi connectivity index (χ0v) is 12.4. The molecule has 2 aromatic rings. The van der Waals surface area contributed by atoms with Gasteiger partial charge in [0.15, 0.2) is 0 Å². The number of benzene rings is 2. The minimum Gasteiger partial charge on any atom is -0.316 e. The van der Waals surface area contributed by atoms with Crippen molar-refractivity contribution < 1.29 is 0 Å². The Hall–Kier alpha value is -1.60. The van der Waals surface area contributed by atoms with Crippen LogP contribution in [0.5, 0.6) is 0 Å². The number of fused-ring (bicyclic) bond motifs is 1. The first-order chi connectivity index (χ1) is 9.75. The fraction of sp³-hybridized carbons (Fsp3) is 0.368. The molecular weight excluding hydrogens is 242 g/mol. The van der Waals surface area contributed by atoms with E-state index in [2.05, 4.69) is 67.7 Å². The summed E-state index contributed by atoms with van der Waals surface area (Å²) in [5, 5.41) is 3.52. The molecule has 0 bridgehead atoms. The minimum atomic E-state index is 0.463. The Morgan fingerprint density at radius 1 is 1.05 bits per heavy atom. The fourth-order valence-electron chi connectivity index (χ4n) is 3.15. The van der Waals surface area contributed by atoms with Gasteiger partial charge in [-0.2, -0.15) is 0 Å². The van der Waals surface area contributed by atoms with Crippen LogP contribution < -0.4 is 5.32 Å². The zero-order valence-electron chi connectivity index (χ0n) is 12.4. The van der Waals surface area contributed by atoms with Crippen molar-refractivity contribution >= 4 is 0 Å². The summed E-state index contributed by atoms with van der Waals surface area (Å²) in [6, 6.07) is 17.9. The summed E-state index contributed by atoms with van der Waals surface area (Å²) < 4.78 is 0. The average Bonchev–Trinajstić information content (AvgIpc) is 2.69. The maximum absolute atomic E-state index is 3.52. The van der Waals surface area contributed by atoms with Crippen LogP contribution in [-0.4, -0.2) is 13.1 Å². The minimum absolute atomic E-state index is 0.463. The summed E-state index contributed by atoms with van der Waals surface area (Å²) in [6.45, 7) is 6.83. The second-order valence-electron chi connectivity index (χ2n) is 5.95. The standard InChI is InChI=1S/C19H23N/c1-14-13-20-11-10-17-8-9-18(12-19(14)17)15(2)16-6-4-3-5-7-16/h3-9,12,14-15,20H,10-11,13H2,1-2H3/t14-,15-/m1/s1. The monoisotopic (exact) mass is 265 g/mol. The summed E-state index contributed by atoms with van der Waals surface area (Å²) in [6.07, 6.45) is 1.15. The Bertz CT molecular complexity index is 574. The number of rotatable bonds is 2. The van der Waals surface area contributed by atoms with Crippen molar-refractivity contribution in [2.45, 2.75) is 32.1 Å². The van der Waals surface area contributed by atoms with Gasteiger partial charge in [0.2, 0.25) is 0 Å². The van der Waals surface area contributed by atoms with E-state index in [-0.39, 0.29) is 0 Å². The highest BCUT2D eigenvalue weighted by Crippen LogP contribution is 2.29. The van der Waals surface area contributed by atoms with E-state index in [1.165, 1.54) is 22.3 Å². The molecule has 1 aliphatic rings. The van der Waals surface area contributed by atoms with Crippen molar-refractivity contribution in [2.75, 3.05) is 13.1 Å². The Balaban J connectivity index is 1.95. The molecule has 0 fully saturated rings. The van der Waals surface area contributed by atoms with Gasteiger partial charge in [-0.25, -0.2) is 0 Å². The van der Waals surface area contributed by atoms with Gasteiger partial charge in [0.1, 0.15) is 0 Å². The molecule has 0 saturated carbocycles. The predicted octanol–water partition coefficient (Wildman–Crippen LogP) is 4.09. The highest BCUT2D eigenvalue weighted by Gasteiger charge is 2.17. The highest BCUT2D eigenvalue weighted by molar-refractivity contribution is 5.40. The second-order valence-corrected chi connectivity index (χ2v) is 5.95. The molecule has 1 N–H and O–H groups in total. The van der Waals surface area contributed by atoms with Gasteiger partial charge in [0, 0.05) is 12.5 Å². The highest BCUT2D eigenvalue weighted by atomic mass is 14.9. The molecule has 3 rings (SSSR count). The smallest absolute Gasteiger partial charge is 0.00611 e. The molecule has 0 radical (unpaired) electrons. The lowest BCUT2D eigenvalue weighted by Crippen LogP contribution is -2.18. The molecule has 0 amide bonds. The number of nitrogens with one attached hydrogen (secondary N) is 1. The van der Waals surface area contributed by atoms with E-state index in [9.17, 15) is 0 Å². The summed E-state index contributed by atoms with van der Waals surface area (Å²) >= 11 is 0. The average molecular weight is 265 g/mol. The molecule has 1 nitrogen and oxygen atoms in total. The molecule has 2 atom stereocenters. The molecule has 0 spiro atoms. The zero-order chi connectivity index (χ0) is 13.9. The van der Waals surface area contributed by atoms with E-state index in [0.29, 0.717) is 11.8 Å². The summed E-state index contributed by atoms with van der Waals surface area (Å²) in [7, 11) is 0. The van der Waals surface area contributed by atoms with Gasteiger partial charge in [0.25, 0.3) is 0 Å². The molecule has 1 aliphatic heterocycles. The fourth-order valence-corrected chi connectivity index (χ4v) is 3.15. The summed E-state index contributed by atoms with van der Waals surface area (Å²) in [4.78, 5) is 0. The van der Waals surface area contributed by atoms with Crippen LogP contribution in [0.2, 0.25) is 0 Å². The first kappa shape index (κ1) is 13.4. The summed E-state index contributed by atoms with van der Waals surface area (Å²) in [5.41, 5.74) is 5.89. The summed E-state index contributed by atoms with van der Waals surface area (Å²) in [5.74, 6) is 1.07. The molecule has 0 aliphatic carbocycles. The van der Waals surface area contributed by atoms with Crippen LogP contribution in [0.4, 0.5) is 0 Å². The molecule has 20 heavy (non-hydrogen) atoms. The van der Waals surface area contributed by atoms with Crippen molar-refractivity contribution in [2.24, 2.45) is 0 Å². The predicted molar refractivity (Wildman–Crippen MR) is 85.4 cm³/mol. The first-order valence-corrected chi connectivity index (χ1v) is 7.64. The molecule has 1 heterocycles. The van der Waals surface area contributed by atoms with E-state index >= 15 is 0 Å². The molecule has 104 valence electrons. The topological polar surface area (TPSA) is 12.0 Å². The first-order valence-electron chi connectivity index (χ1n) is 7.64. The van der Waals surface area contributed by atoms with Crippen LogP contribution in [0.25, 0.3) is 0 Å². The van der Waals surface area contributed by atoms with Crippen molar-refractivity contribution in [3.63, 3.8) is 0 Å². The van der Waals surface area contributed by atoms with Gasteiger partial charge in [-0.15, -0.1) is 0 Å². The Labute approximate surface area is 122 Å². The van der Waals surface area contributed by atoms with Crippen LogP contribution in [0.15, 0.2) is 48.5 Å². The van der Waals surface area contributed by atoms with Crippen molar-refractivity contribution in [1.82, 2.24) is 5.32 Å². The van der Waals surface area contributed by atoms with Gasteiger partial charge in [-0.3, -0.25) is 0 Å². The number of hydrogen-bond acceptors (Lipinski definition) is 1. The van der Waals surface area contributed by atoms with E-state index in [1.807, 2.05) is 0 Å². The van der Waals surface area contributed by atoms with Crippen LogP contribution in [0, 0.1) is 0 Å². The van der Waals surface area contributed by atoms with Crippen LogP contribution in [0.1, 0.15) is 47.9 Å². The van der Waals surface area contributed by atoms with E-state index in [4.69, 9.17) is 0 Å². The van der Waals surface area contributed by atoms with Crippen molar-refractivity contribution in [3.05, 3.63) is 70.8 Å². The van der Waals surface area contributed by atoms with Gasteiger partial charge < -0.3 is 5.32 Å². The van der Waals surface area contributed by atoms with E-state index < -0.39 is 0 Å². The third-order valence-electron chi connectivity index (χ3n) is 4.52. The number of hydrogen-bond donors (Lipinski definition) is 1. The molecule has 0 unspecified atom stereocenters. The van der Waals surface area contributed by atoms with E-state index in [0.717, 1.165) is 19.5 Å². The van der Waals surface area contributed by atoms with E-state index in [1.54, 1.807) is 0 Å². The van der Waals surface area contributed by atoms with Crippen LogP contribution in [-0.2, 0) is 6.42 Å². The molecule has 2 aromatic carbocycles. The second kappa shape index (κ2) is 5.80. The SMILES string of the molecule is C[C@H](c1ccccc1)c1ccc2c(c1)[C@H](C)CNCC2.